The minimum Gasteiger partial charge on any atom is -0.337 e. The molecule has 0 aliphatic heterocycles. The maximum Gasteiger partial charge on any atom is 0.416 e. The first-order chi connectivity index (χ1) is 8.43. The van der Waals surface area contributed by atoms with Crippen molar-refractivity contribution in [1.29, 1.82) is 0 Å². The Labute approximate surface area is 111 Å². The number of aryl methyl sites for hydroxylation is 1. The standard InChI is InChI=1S/C14H18F3NO/c1-9-6-10(8-11(7-9)14(15,16)17)12(19)18(5)13(2,3)4/h6-8H,1-5H3. The number of alkyl halides is 3. The topological polar surface area (TPSA) is 20.3 Å². The van der Waals surface area contributed by atoms with E-state index in [1.165, 1.54) is 11.0 Å². The predicted octanol–water partition coefficient (Wildman–Crippen LogP) is 3.88. The lowest BCUT2D eigenvalue weighted by Crippen LogP contribution is -2.42. The second-order valence-corrected chi connectivity index (χ2v) is 5.62. The van der Waals surface area contributed by atoms with Crippen molar-refractivity contribution in [2.75, 3.05) is 7.05 Å². The van der Waals surface area contributed by atoms with Crippen LogP contribution in [0.5, 0.6) is 0 Å². The number of benzene rings is 1. The molecule has 0 heterocycles. The molecule has 0 aliphatic carbocycles. The second kappa shape index (κ2) is 4.87. The van der Waals surface area contributed by atoms with Crippen molar-refractivity contribution in [1.82, 2.24) is 4.90 Å². The van der Waals surface area contributed by atoms with Crippen LogP contribution < -0.4 is 0 Å². The molecule has 0 saturated carbocycles. The van der Waals surface area contributed by atoms with Gasteiger partial charge in [0.05, 0.1) is 5.56 Å². The summed E-state index contributed by atoms with van der Waals surface area (Å²) in [6.07, 6.45) is -4.44. The molecule has 0 aromatic heterocycles. The van der Waals surface area contributed by atoms with E-state index in [1.807, 2.05) is 20.8 Å². The van der Waals surface area contributed by atoms with Gasteiger partial charge in [-0.15, -0.1) is 0 Å². The molecule has 0 saturated heterocycles. The summed E-state index contributed by atoms with van der Waals surface area (Å²) in [5.41, 5.74) is -0.762. The maximum atomic E-state index is 12.7. The van der Waals surface area contributed by atoms with Gasteiger partial charge >= 0.3 is 6.18 Å². The molecule has 0 radical (unpaired) electrons. The van der Waals surface area contributed by atoms with Gasteiger partial charge in [-0.25, -0.2) is 0 Å². The van der Waals surface area contributed by atoms with Gasteiger partial charge in [0.1, 0.15) is 0 Å². The van der Waals surface area contributed by atoms with Gasteiger partial charge in [0.15, 0.2) is 0 Å². The van der Waals surface area contributed by atoms with Crippen LogP contribution in [0.3, 0.4) is 0 Å². The number of amides is 1. The van der Waals surface area contributed by atoms with Crippen molar-refractivity contribution >= 4 is 5.91 Å². The molecule has 1 aromatic rings. The Kier molecular flexibility index (Phi) is 3.98. The summed E-state index contributed by atoms with van der Waals surface area (Å²) in [6.45, 7) is 7.02. The minimum atomic E-state index is -4.44. The van der Waals surface area contributed by atoms with Crippen LogP contribution in [0, 0.1) is 6.92 Å². The summed E-state index contributed by atoms with van der Waals surface area (Å²) in [5, 5.41) is 0. The lowest BCUT2D eigenvalue weighted by molar-refractivity contribution is -0.137. The summed E-state index contributed by atoms with van der Waals surface area (Å²) in [4.78, 5) is 13.6. The smallest absolute Gasteiger partial charge is 0.337 e. The van der Waals surface area contributed by atoms with Gasteiger partial charge in [-0.2, -0.15) is 13.2 Å². The number of halogens is 3. The molecule has 1 amide bonds. The highest BCUT2D eigenvalue weighted by atomic mass is 19.4. The highest BCUT2D eigenvalue weighted by molar-refractivity contribution is 5.95. The van der Waals surface area contributed by atoms with Crippen LogP contribution in [0.2, 0.25) is 0 Å². The number of hydrogen-bond donors (Lipinski definition) is 0. The molecule has 0 spiro atoms. The summed E-state index contributed by atoms with van der Waals surface area (Å²) < 4.78 is 38.2. The average molecular weight is 273 g/mol. The van der Waals surface area contributed by atoms with Gasteiger partial charge in [-0.3, -0.25) is 4.79 Å². The number of hydrogen-bond acceptors (Lipinski definition) is 1. The third-order valence-corrected chi connectivity index (χ3v) is 2.96. The zero-order valence-corrected chi connectivity index (χ0v) is 11.7. The molecular formula is C14H18F3NO. The van der Waals surface area contributed by atoms with Crippen LogP contribution in [0.4, 0.5) is 13.2 Å². The first-order valence-corrected chi connectivity index (χ1v) is 5.90. The van der Waals surface area contributed by atoms with Gasteiger partial charge in [-0.05, 0) is 51.5 Å². The van der Waals surface area contributed by atoms with E-state index >= 15 is 0 Å². The van der Waals surface area contributed by atoms with E-state index in [0.717, 1.165) is 12.1 Å². The number of nitrogens with zero attached hydrogens (tertiary/aromatic N) is 1. The first-order valence-electron chi connectivity index (χ1n) is 5.90. The fourth-order valence-electron chi connectivity index (χ4n) is 1.57. The van der Waals surface area contributed by atoms with E-state index in [1.54, 1.807) is 14.0 Å². The van der Waals surface area contributed by atoms with Crippen LogP contribution in [0.25, 0.3) is 0 Å². The van der Waals surface area contributed by atoms with E-state index in [0.29, 0.717) is 5.56 Å². The van der Waals surface area contributed by atoms with E-state index in [-0.39, 0.29) is 5.56 Å². The average Bonchev–Trinajstić information content (AvgIpc) is 2.23. The highest BCUT2D eigenvalue weighted by Gasteiger charge is 2.32. The Bertz CT molecular complexity index is 486. The van der Waals surface area contributed by atoms with E-state index < -0.39 is 23.2 Å². The summed E-state index contributed by atoms with van der Waals surface area (Å²) in [5.74, 6) is -0.415. The van der Waals surface area contributed by atoms with Gasteiger partial charge in [0, 0.05) is 18.2 Å². The van der Waals surface area contributed by atoms with Gasteiger partial charge in [0.2, 0.25) is 0 Å². The molecule has 106 valence electrons. The second-order valence-electron chi connectivity index (χ2n) is 5.62. The van der Waals surface area contributed by atoms with Gasteiger partial charge in [-0.1, -0.05) is 0 Å². The Morgan fingerprint density at radius 3 is 2.05 bits per heavy atom. The number of carbonyl (C=O) groups is 1. The molecule has 0 unspecified atom stereocenters. The molecule has 5 heteroatoms. The van der Waals surface area contributed by atoms with Crippen molar-refractivity contribution in [3.8, 4) is 0 Å². The summed E-state index contributed by atoms with van der Waals surface area (Å²) in [7, 11) is 1.58. The Hall–Kier alpha value is -1.52. The molecule has 0 aliphatic rings. The van der Waals surface area contributed by atoms with Crippen molar-refractivity contribution in [2.24, 2.45) is 0 Å². The van der Waals surface area contributed by atoms with Crippen LogP contribution >= 0.6 is 0 Å². The minimum absolute atomic E-state index is 0.0600. The van der Waals surface area contributed by atoms with Crippen molar-refractivity contribution < 1.29 is 18.0 Å². The first kappa shape index (κ1) is 15.5. The molecule has 1 aromatic carbocycles. The van der Waals surface area contributed by atoms with E-state index in [9.17, 15) is 18.0 Å². The Balaban J connectivity index is 3.22. The lowest BCUT2D eigenvalue weighted by Gasteiger charge is -2.32. The predicted molar refractivity (Wildman–Crippen MR) is 68.0 cm³/mol. The SMILES string of the molecule is Cc1cc(C(=O)N(C)C(C)(C)C)cc(C(F)(F)F)c1. The van der Waals surface area contributed by atoms with Crippen LogP contribution in [-0.2, 0) is 6.18 Å². The van der Waals surface area contributed by atoms with E-state index in [2.05, 4.69) is 0 Å². The monoisotopic (exact) mass is 273 g/mol. The molecular weight excluding hydrogens is 255 g/mol. The largest absolute Gasteiger partial charge is 0.416 e. The number of carbonyl (C=O) groups excluding carboxylic acids is 1. The zero-order valence-electron chi connectivity index (χ0n) is 11.7. The van der Waals surface area contributed by atoms with Crippen molar-refractivity contribution in [3.05, 3.63) is 34.9 Å². The van der Waals surface area contributed by atoms with Crippen LogP contribution in [0.15, 0.2) is 18.2 Å². The molecule has 0 fully saturated rings. The van der Waals surface area contributed by atoms with Gasteiger partial charge < -0.3 is 4.90 Å². The Morgan fingerprint density at radius 2 is 1.63 bits per heavy atom. The molecule has 0 bridgehead atoms. The molecule has 0 atom stereocenters. The molecule has 1 rings (SSSR count). The molecule has 2 nitrogen and oxygen atoms in total. The third-order valence-electron chi connectivity index (χ3n) is 2.96. The lowest BCUT2D eigenvalue weighted by atomic mass is 10.0. The Morgan fingerprint density at radius 1 is 1.11 bits per heavy atom. The van der Waals surface area contributed by atoms with Crippen molar-refractivity contribution in [2.45, 2.75) is 39.4 Å². The van der Waals surface area contributed by atoms with Crippen molar-refractivity contribution in [3.63, 3.8) is 0 Å². The van der Waals surface area contributed by atoms with Gasteiger partial charge in [0.25, 0.3) is 5.91 Å². The number of rotatable bonds is 1. The maximum absolute atomic E-state index is 12.7. The molecule has 19 heavy (non-hydrogen) atoms. The van der Waals surface area contributed by atoms with E-state index in [4.69, 9.17) is 0 Å². The third kappa shape index (κ3) is 3.72. The summed E-state index contributed by atoms with van der Waals surface area (Å²) >= 11 is 0. The fraction of sp³-hybridized carbons (Fsp3) is 0.500. The summed E-state index contributed by atoms with van der Waals surface area (Å²) in [6, 6.07) is 3.41. The quantitative estimate of drug-likeness (QED) is 0.760. The highest BCUT2D eigenvalue weighted by Crippen LogP contribution is 2.31. The zero-order chi connectivity index (χ0) is 15.0. The normalized spacial score (nSPS) is 12.4. The fourth-order valence-corrected chi connectivity index (χ4v) is 1.57. The van der Waals surface area contributed by atoms with Crippen LogP contribution in [-0.4, -0.2) is 23.4 Å². The van der Waals surface area contributed by atoms with Crippen LogP contribution in [0.1, 0.15) is 42.3 Å². The molecule has 0 N–H and O–H groups in total.